The zero-order chi connectivity index (χ0) is 26.8. The summed E-state index contributed by atoms with van der Waals surface area (Å²) in [4.78, 5) is 30.7. The fraction of sp³-hybridized carbons (Fsp3) is 0.720. The van der Waals surface area contributed by atoms with Crippen LogP contribution in [0, 0.1) is 17.2 Å². The topological polar surface area (TPSA) is 145 Å². The number of piperidine rings is 2. The van der Waals surface area contributed by atoms with Crippen LogP contribution in [0.3, 0.4) is 0 Å². The molecule has 13 heteroatoms. The van der Waals surface area contributed by atoms with Gasteiger partial charge in [0.05, 0.1) is 12.2 Å². The van der Waals surface area contributed by atoms with Crippen LogP contribution in [-0.2, 0) is 19.0 Å². The first kappa shape index (κ1) is 27.1. The average molecular weight is 547 g/mol. The number of fused-ring (bicyclic) bond motifs is 1. The van der Waals surface area contributed by atoms with Crippen molar-refractivity contribution >= 4 is 40.6 Å². The summed E-state index contributed by atoms with van der Waals surface area (Å²) in [6.45, 7) is 3.54. The van der Waals surface area contributed by atoms with E-state index in [9.17, 15) is 4.79 Å². The lowest BCUT2D eigenvalue weighted by molar-refractivity contribution is -0.161. The average Bonchev–Trinajstić information content (AvgIpc) is 3.47. The van der Waals surface area contributed by atoms with E-state index in [4.69, 9.17) is 25.4 Å². The molecule has 3 N–H and O–H groups in total. The van der Waals surface area contributed by atoms with Gasteiger partial charge in [-0.2, -0.15) is 11.8 Å². The summed E-state index contributed by atoms with van der Waals surface area (Å²) in [5, 5.41) is 8.87. The monoisotopic (exact) mass is 546 g/mol. The van der Waals surface area contributed by atoms with Crippen molar-refractivity contribution in [2.24, 2.45) is 11.8 Å². The maximum atomic E-state index is 13.4. The van der Waals surface area contributed by atoms with E-state index in [0.717, 1.165) is 51.9 Å². The van der Waals surface area contributed by atoms with Crippen LogP contribution >= 0.6 is 11.8 Å². The number of hydrogen-bond donors (Lipinski definition) is 2. The van der Waals surface area contributed by atoms with E-state index in [2.05, 4.69) is 38.8 Å². The number of carbonyl (C=O) groups is 1. The third-order valence-corrected chi connectivity index (χ3v) is 8.60. The fourth-order valence-corrected chi connectivity index (χ4v) is 6.14. The molecule has 0 bridgehead atoms. The summed E-state index contributed by atoms with van der Waals surface area (Å²) in [5.41, 5.74) is 7.01. The lowest BCUT2D eigenvalue weighted by Gasteiger charge is -2.33. The number of thioether (sulfide) groups is 1. The van der Waals surface area contributed by atoms with Crippen molar-refractivity contribution in [1.82, 2.24) is 29.3 Å². The van der Waals surface area contributed by atoms with E-state index >= 15 is 0 Å². The zero-order valence-corrected chi connectivity index (χ0v) is 23.1. The van der Waals surface area contributed by atoms with Crippen LogP contribution in [0.2, 0.25) is 0 Å². The van der Waals surface area contributed by atoms with Crippen LogP contribution in [0.5, 0.6) is 0 Å². The molecule has 208 valence electrons. The molecule has 12 nitrogen and oxygen atoms in total. The van der Waals surface area contributed by atoms with E-state index in [0.29, 0.717) is 16.9 Å². The highest BCUT2D eigenvalue weighted by molar-refractivity contribution is 7.98. The molecule has 3 fully saturated rings. The van der Waals surface area contributed by atoms with Gasteiger partial charge in [0, 0.05) is 11.7 Å². The number of nitrogen functional groups attached to an aromatic ring is 1. The predicted molar refractivity (Wildman–Crippen MR) is 145 cm³/mol. The third-order valence-electron chi connectivity index (χ3n) is 7.93. The van der Waals surface area contributed by atoms with Gasteiger partial charge in [-0.3, -0.25) is 14.8 Å². The highest BCUT2D eigenvalue weighted by atomic mass is 32.2. The number of ether oxygens (including phenoxy) is 3. The molecule has 5 heterocycles. The van der Waals surface area contributed by atoms with Gasteiger partial charge in [0.25, 0.3) is 0 Å². The summed E-state index contributed by atoms with van der Waals surface area (Å²) in [6, 6.07) is 0. The molecule has 0 aliphatic carbocycles. The number of hydrogen-bond acceptors (Lipinski definition) is 12. The van der Waals surface area contributed by atoms with Crippen molar-refractivity contribution in [3.05, 3.63) is 12.7 Å². The second kappa shape index (κ2) is 11.7. The van der Waals surface area contributed by atoms with Gasteiger partial charge in [-0.15, -0.1) is 0 Å². The minimum atomic E-state index is -0.733. The lowest BCUT2D eigenvalue weighted by atomic mass is 9.96. The van der Waals surface area contributed by atoms with Gasteiger partial charge in [0.1, 0.15) is 17.9 Å². The summed E-state index contributed by atoms with van der Waals surface area (Å²) in [5.74, 6) is 0.715. The van der Waals surface area contributed by atoms with Gasteiger partial charge in [-0.1, -0.05) is 0 Å². The molecule has 38 heavy (non-hydrogen) atoms. The van der Waals surface area contributed by atoms with Gasteiger partial charge in [0.2, 0.25) is 0 Å². The Labute approximate surface area is 227 Å². The summed E-state index contributed by atoms with van der Waals surface area (Å²) in [6.07, 6.45) is 5.67. The molecule has 4 atom stereocenters. The maximum absolute atomic E-state index is 13.4. The highest BCUT2D eigenvalue weighted by Gasteiger charge is 2.51. The largest absolute Gasteiger partial charge is 0.469 e. The summed E-state index contributed by atoms with van der Waals surface area (Å²) in [7, 11) is 4.15. The molecule has 3 aliphatic heterocycles. The van der Waals surface area contributed by atoms with E-state index in [1.54, 1.807) is 22.7 Å². The van der Waals surface area contributed by atoms with E-state index in [1.165, 1.54) is 6.33 Å². The number of rotatable bonds is 7. The third kappa shape index (κ3) is 5.61. The van der Waals surface area contributed by atoms with Gasteiger partial charge >= 0.3 is 5.97 Å². The van der Waals surface area contributed by atoms with Crippen molar-refractivity contribution < 1.29 is 19.0 Å². The van der Waals surface area contributed by atoms with Crippen molar-refractivity contribution in [3.8, 4) is 0 Å². The van der Waals surface area contributed by atoms with Crippen molar-refractivity contribution in [2.45, 2.75) is 50.2 Å². The number of carbonyl (C=O) groups excluding carboxylic acids is 1. The maximum Gasteiger partial charge on any atom is 0.309 e. The molecule has 2 aromatic heterocycles. The second-order valence-electron chi connectivity index (χ2n) is 10.6. The number of likely N-dealkylation sites (tertiary alicyclic amines) is 2. The lowest BCUT2D eigenvalue weighted by Crippen LogP contribution is -2.44. The summed E-state index contributed by atoms with van der Waals surface area (Å²) < 4.78 is 20.9. The molecule has 0 saturated carbocycles. The predicted octanol–water partition coefficient (Wildman–Crippen LogP) is 1.63. The van der Waals surface area contributed by atoms with Gasteiger partial charge in [-0.05, 0) is 72.2 Å². The molecule has 5 rings (SSSR count). The van der Waals surface area contributed by atoms with Crippen LogP contribution in [0.15, 0.2) is 12.7 Å². The molecule has 3 aliphatic rings. The number of nitrogens with two attached hydrogens (primary N) is 1. The number of esters is 1. The first-order valence-electron chi connectivity index (χ1n) is 13.3. The fourth-order valence-electron chi connectivity index (χ4n) is 5.54. The standard InChI is InChI=1S/C25H38N8O4S/c1-31-8-4-15(5-9-31)22(27)36-20-19(37-25(34)16-6-10-32(2)11-7-16)17(12-38-3)35-24(20)33-14-30-18-21(26)28-13-29-23(18)33/h13-17,19-20,24,27H,4-12H2,1-3H3,(H2,26,28,29)/t17-,19-,20-,24-/m1/s1. The van der Waals surface area contributed by atoms with Gasteiger partial charge < -0.3 is 29.7 Å². The molecular formula is C25H38N8O4S. The van der Waals surface area contributed by atoms with E-state index < -0.39 is 24.5 Å². The van der Waals surface area contributed by atoms with Crippen LogP contribution < -0.4 is 5.73 Å². The van der Waals surface area contributed by atoms with Crippen molar-refractivity contribution in [2.75, 3.05) is 58.0 Å². The zero-order valence-electron chi connectivity index (χ0n) is 22.3. The Hall–Kier alpha value is -2.48. The van der Waals surface area contributed by atoms with Crippen LogP contribution in [0.1, 0.15) is 31.9 Å². The smallest absolute Gasteiger partial charge is 0.309 e. The Kier molecular flexibility index (Phi) is 8.36. The minimum Gasteiger partial charge on any atom is -0.469 e. The Morgan fingerprint density at radius 3 is 2.37 bits per heavy atom. The molecule has 0 amide bonds. The van der Waals surface area contributed by atoms with Crippen LogP contribution in [0.25, 0.3) is 11.2 Å². The molecule has 0 unspecified atom stereocenters. The number of nitrogens with one attached hydrogen (secondary N) is 1. The molecule has 0 spiro atoms. The Morgan fingerprint density at radius 1 is 1.05 bits per heavy atom. The van der Waals surface area contributed by atoms with Crippen molar-refractivity contribution in [1.29, 1.82) is 5.41 Å². The molecule has 0 aromatic carbocycles. The number of aromatic nitrogens is 4. The Balaban J connectivity index is 1.44. The molecule has 0 radical (unpaired) electrons. The first-order valence-corrected chi connectivity index (χ1v) is 14.6. The highest BCUT2D eigenvalue weighted by Crippen LogP contribution is 2.38. The SMILES string of the molecule is CSC[C@H]1O[C@@H](n2cnc3c(N)ncnc32)[C@H](OC(=N)C2CCN(C)CC2)[C@@H]1OC(=O)C1CCN(C)CC1. The number of anilines is 1. The Morgan fingerprint density at radius 2 is 1.71 bits per heavy atom. The molecule has 3 saturated heterocycles. The molecular weight excluding hydrogens is 508 g/mol. The van der Waals surface area contributed by atoms with Crippen LogP contribution in [0.4, 0.5) is 5.82 Å². The molecule has 2 aromatic rings. The number of nitrogens with zero attached hydrogens (tertiary/aromatic N) is 6. The Bertz CT molecular complexity index is 1130. The summed E-state index contributed by atoms with van der Waals surface area (Å²) >= 11 is 1.61. The quantitative estimate of drug-likeness (QED) is 0.297. The first-order chi connectivity index (χ1) is 18.4. The normalized spacial score (nSPS) is 28.1. The van der Waals surface area contributed by atoms with E-state index in [-0.39, 0.29) is 29.5 Å². The van der Waals surface area contributed by atoms with Gasteiger partial charge in [0.15, 0.2) is 35.8 Å². The van der Waals surface area contributed by atoms with E-state index in [1.807, 2.05) is 6.26 Å². The minimum absolute atomic E-state index is 0.00850. The second-order valence-corrected chi connectivity index (χ2v) is 11.5. The van der Waals surface area contributed by atoms with Crippen LogP contribution in [-0.4, -0.2) is 112 Å². The number of imidazole rings is 1. The van der Waals surface area contributed by atoms with Crippen molar-refractivity contribution in [3.63, 3.8) is 0 Å². The van der Waals surface area contributed by atoms with Gasteiger partial charge in [-0.25, -0.2) is 15.0 Å².